The molecule has 0 saturated carbocycles. The van der Waals surface area contributed by atoms with E-state index in [9.17, 15) is 49.2 Å². The number of rotatable bonds is 13. The van der Waals surface area contributed by atoms with E-state index in [2.05, 4.69) is 20.9 Å². The van der Waals surface area contributed by atoms with Gasteiger partial charge in [-0.1, -0.05) is 75.0 Å². The van der Waals surface area contributed by atoms with Crippen molar-refractivity contribution in [3.8, 4) is 23.0 Å². The molecule has 0 saturated heterocycles. The quantitative estimate of drug-likeness (QED) is 0.0298. The number of aromatic hydroxyl groups is 4. The summed E-state index contributed by atoms with van der Waals surface area (Å²) in [7, 11) is 5.60. The number of allylic oxidation sites excluding steroid dienone is 6. The Kier molecular flexibility index (Phi) is 26.3. The molecule has 4 bridgehead atoms. The number of hydrogen-bond acceptors (Lipinski definition) is 19. The molecule has 4 rings (SSSR count). The maximum atomic E-state index is 13.9. The number of primary amides is 2. The topological polar surface area (TPSA) is 339 Å². The van der Waals surface area contributed by atoms with Crippen LogP contribution in [0.2, 0.25) is 0 Å². The molecule has 2 aliphatic rings. The van der Waals surface area contributed by atoms with E-state index in [0.29, 0.717) is 22.5 Å². The molecule has 9 atom stereocenters. The Hall–Kier alpha value is -7.70. The second-order valence-electron chi connectivity index (χ2n) is 20.4. The summed E-state index contributed by atoms with van der Waals surface area (Å²) in [4.78, 5) is 83.3. The van der Waals surface area contributed by atoms with Gasteiger partial charge in [-0.2, -0.15) is 11.8 Å². The van der Waals surface area contributed by atoms with Crippen molar-refractivity contribution in [2.45, 2.75) is 111 Å². The molecule has 2 aromatic rings. The summed E-state index contributed by atoms with van der Waals surface area (Å²) in [6.07, 6.45) is 8.02. The number of phenolic OH excluding ortho intramolecular Hbond substituents is 4. The molecule has 2 aliphatic heterocycles. The van der Waals surface area contributed by atoms with Crippen LogP contribution in [0.5, 0.6) is 23.0 Å². The minimum atomic E-state index is -1.06. The van der Waals surface area contributed by atoms with Crippen LogP contribution < -0.4 is 27.4 Å². The van der Waals surface area contributed by atoms with Crippen LogP contribution in [0.3, 0.4) is 0 Å². The second-order valence-corrected chi connectivity index (χ2v) is 21.5. The molecule has 83 heavy (non-hydrogen) atoms. The monoisotopic (exact) mass is 1170 g/mol. The highest BCUT2D eigenvalue weighted by Gasteiger charge is 2.32. The van der Waals surface area contributed by atoms with Crippen LogP contribution in [0.4, 0.5) is 32.3 Å². The fourth-order valence-corrected chi connectivity index (χ4v) is 10.0. The first-order valence-electron chi connectivity index (χ1n) is 26.7. The molecule has 452 valence electrons. The maximum Gasteiger partial charge on any atom is 0.405 e. The number of phenols is 4. The second kappa shape index (κ2) is 32.2. The fraction of sp³-hybridized carbons (Fsp3) is 0.450. The normalized spacial score (nSPS) is 24.0. The number of hydrogen-bond donors (Lipinski definition) is 9. The largest absolute Gasteiger partial charge is 0.506 e. The molecule has 1 unspecified atom stereocenters. The minimum absolute atomic E-state index is 0.0346. The highest BCUT2D eigenvalue weighted by Crippen LogP contribution is 2.45. The lowest BCUT2D eigenvalue weighted by Crippen LogP contribution is -2.35. The minimum Gasteiger partial charge on any atom is -0.506 e. The van der Waals surface area contributed by atoms with Gasteiger partial charge in [0, 0.05) is 105 Å². The number of fused-ring (bicyclic) bond motifs is 4. The Morgan fingerprint density at radius 2 is 1.20 bits per heavy atom. The first-order chi connectivity index (χ1) is 39.3. The van der Waals surface area contributed by atoms with E-state index >= 15 is 0 Å². The summed E-state index contributed by atoms with van der Waals surface area (Å²) in [5.74, 6) is -4.33. The fourth-order valence-electron chi connectivity index (χ4n) is 9.41. The van der Waals surface area contributed by atoms with Crippen molar-refractivity contribution in [1.82, 2.24) is 0 Å². The van der Waals surface area contributed by atoms with Crippen LogP contribution in [-0.4, -0.2) is 145 Å². The average Bonchev–Trinajstić information content (AvgIpc) is 3.63. The number of anilines is 3. The number of benzene rings is 2. The summed E-state index contributed by atoms with van der Waals surface area (Å²) in [6, 6.07) is 2.39. The molecular formula is C60H80N6O16S. The third-order valence-corrected chi connectivity index (χ3v) is 14.7. The number of thioether (sulfide) groups is 1. The lowest BCUT2D eigenvalue weighted by atomic mass is 9.88. The van der Waals surface area contributed by atoms with Gasteiger partial charge in [0.2, 0.25) is 0 Å². The van der Waals surface area contributed by atoms with E-state index in [-0.39, 0.29) is 117 Å². The lowest BCUT2D eigenvalue weighted by Gasteiger charge is -2.25. The third-order valence-electron chi connectivity index (χ3n) is 13.9. The molecule has 0 radical (unpaired) electrons. The van der Waals surface area contributed by atoms with Gasteiger partial charge in [-0.15, -0.1) is 0 Å². The number of carbonyl (C=O) groups is 6. The highest BCUT2D eigenvalue weighted by molar-refractivity contribution is 7.99. The zero-order chi connectivity index (χ0) is 61.8. The van der Waals surface area contributed by atoms with E-state index in [0.717, 1.165) is 0 Å². The van der Waals surface area contributed by atoms with Crippen LogP contribution in [-0.2, 0) is 54.0 Å². The summed E-state index contributed by atoms with van der Waals surface area (Å²) in [5, 5.41) is 55.0. The van der Waals surface area contributed by atoms with Crippen molar-refractivity contribution in [2.75, 3.05) is 62.4 Å². The number of methoxy groups -OCH3 is 4. The van der Waals surface area contributed by atoms with Crippen LogP contribution in [0.1, 0.15) is 79.4 Å². The zero-order valence-electron chi connectivity index (χ0n) is 49.1. The predicted octanol–water partition coefficient (Wildman–Crippen LogP) is 8.62. The summed E-state index contributed by atoms with van der Waals surface area (Å²) in [6.45, 7) is 13.6. The average molecular weight is 1170 g/mol. The van der Waals surface area contributed by atoms with Crippen LogP contribution in [0.25, 0.3) is 6.08 Å². The molecule has 2 heterocycles. The first kappa shape index (κ1) is 67.8. The van der Waals surface area contributed by atoms with E-state index in [1.165, 1.54) is 96.7 Å². The molecule has 4 amide bonds. The number of nitrogens with zero attached hydrogens (tertiary/aromatic N) is 1. The van der Waals surface area contributed by atoms with Gasteiger partial charge >= 0.3 is 12.2 Å². The molecular weight excluding hydrogens is 1090 g/mol. The van der Waals surface area contributed by atoms with E-state index in [4.69, 9.17) is 39.9 Å². The molecule has 0 fully saturated rings. The molecule has 0 aliphatic carbocycles. The summed E-state index contributed by atoms with van der Waals surface area (Å²) >= 11 is 1.41. The van der Waals surface area contributed by atoms with Crippen LogP contribution in [0, 0.1) is 17.8 Å². The van der Waals surface area contributed by atoms with E-state index in [1.54, 1.807) is 65.0 Å². The van der Waals surface area contributed by atoms with Crippen LogP contribution >= 0.6 is 11.8 Å². The van der Waals surface area contributed by atoms with E-state index < -0.39 is 72.5 Å². The number of ether oxygens (including phenoxy) is 6. The standard InChI is InChI=1S/C60H80N6O16S/c1-31-23-39-49(43(67)29-41(53(39)71)65-57(73)33(3)15-13-17-45(77-9)55(81-59(61)75)37(7)27-35(5)51(69)47(25-31)79-11)63-19-21-83-22-20-64-50-40-24-32(2)26-48(80-12)52(70)36(6)28-38(8)56(82-60(62)76)46(78-10)18-14-16-34(4)58(74)66-42(54(40)72)30-44(50)68/h13-19,24,27-31,35-36,45-48,55-56,64,67-68,71-72H,20-23,25-26H2,1-12H3,(H2,61,75)(H2,62,76)(H,65,73)(H,66,74)/t31-,35+,36+,45+,46+,47+,48+,55+,56?/m1/s1. The van der Waals surface area contributed by atoms with Gasteiger partial charge in [-0.25, -0.2) is 9.59 Å². The molecule has 11 N–H and O–H groups in total. The summed E-state index contributed by atoms with van der Waals surface area (Å²) < 4.78 is 33.4. The van der Waals surface area contributed by atoms with Gasteiger partial charge in [0.1, 0.15) is 53.1 Å². The smallest absolute Gasteiger partial charge is 0.405 e. The number of aliphatic imine (C=N–C) groups is 1. The Morgan fingerprint density at radius 3 is 1.70 bits per heavy atom. The van der Waals surface area contributed by atoms with E-state index in [1.807, 2.05) is 6.92 Å². The van der Waals surface area contributed by atoms with Crippen molar-refractivity contribution in [2.24, 2.45) is 34.2 Å². The SMILES string of the molecule is CO[C@H]1CC(C)=Cc2c(O)c(cc(O)c2NCCSCC=Nc2c(O)cc3c(O)c2C[C@@H](C)C[C@H](OC)C(=O)[C@@H](C)C=C(C)[C@H](OC(N)=O)[C@@H](OC)C=CC=C(C)C(=O)N3)NC(=O)C(C)=CC=C[C@H](OC)C(OC(N)=O)C(C)=C[C@H](C)C1=O. The number of nitrogens with two attached hydrogens (primary N) is 2. The number of nitrogens with one attached hydrogen (secondary N) is 3. The van der Waals surface area contributed by atoms with Gasteiger partial charge in [0.05, 0.1) is 17.1 Å². The Balaban J connectivity index is 1.64. The number of Topliss-reactive ketones (excluding diaryl/α,β-unsaturated/α-hetero) is 2. The van der Waals surface area contributed by atoms with Crippen molar-refractivity contribution in [1.29, 1.82) is 0 Å². The maximum absolute atomic E-state index is 13.9. The molecule has 2 aromatic carbocycles. The molecule has 22 nitrogen and oxygen atoms in total. The molecule has 23 heteroatoms. The van der Waals surface area contributed by atoms with Crippen molar-refractivity contribution < 1.29 is 77.6 Å². The summed E-state index contributed by atoms with van der Waals surface area (Å²) in [5.41, 5.74) is 13.0. The lowest BCUT2D eigenvalue weighted by molar-refractivity contribution is -0.132. The number of ketones is 2. The van der Waals surface area contributed by atoms with Gasteiger partial charge < -0.3 is 76.3 Å². The predicted molar refractivity (Wildman–Crippen MR) is 320 cm³/mol. The number of carbonyl (C=O) groups excluding carboxylic acids is 6. The zero-order valence-corrected chi connectivity index (χ0v) is 49.9. The highest BCUT2D eigenvalue weighted by atomic mass is 32.2. The van der Waals surface area contributed by atoms with Gasteiger partial charge in [-0.05, 0) is 70.6 Å². The van der Waals surface area contributed by atoms with Crippen molar-refractivity contribution >= 4 is 82.4 Å². The molecule has 0 aromatic heterocycles. The van der Waals surface area contributed by atoms with Crippen molar-refractivity contribution in [3.63, 3.8) is 0 Å². The first-order valence-corrected chi connectivity index (χ1v) is 27.9. The van der Waals surface area contributed by atoms with Crippen LogP contribution in [0.15, 0.2) is 93.6 Å². The Morgan fingerprint density at radius 1 is 0.711 bits per heavy atom. The van der Waals surface area contributed by atoms with Crippen molar-refractivity contribution in [3.05, 3.63) is 99.7 Å². The molecule has 0 spiro atoms. The van der Waals surface area contributed by atoms with Gasteiger partial charge in [0.25, 0.3) is 11.8 Å². The third kappa shape index (κ3) is 19.2. The Labute approximate surface area is 488 Å². The Bertz CT molecular complexity index is 2960. The number of amides is 4. The van der Waals surface area contributed by atoms with Gasteiger partial charge in [0.15, 0.2) is 23.8 Å². The van der Waals surface area contributed by atoms with Gasteiger partial charge in [-0.3, -0.25) is 24.2 Å².